The van der Waals surface area contributed by atoms with Crippen LogP contribution in [0.5, 0.6) is 0 Å². The molecule has 3 aromatic rings. The zero-order chi connectivity index (χ0) is 18.8. The normalized spacial score (nSPS) is 15.4. The fraction of sp³-hybridized carbons (Fsp3) is 0.263. The maximum absolute atomic E-state index is 12.5. The van der Waals surface area contributed by atoms with E-state index in [0.717, 1.165) is 11.3 Å². The summed E-state index contributed by atoms with van der Waals surface area (Å²) in [5, 5.41) is 10.2. The van der Waals surface area contributed by atoms with E-state index in [9.17, 15) is 9.59 Å². The lowest BCUT2D eigenvalue weighted by atomic mass is 10.1. The summed E-state index contributed by atoms with van der Waals surface area (Å²) >= 11 is 0. The molecule has 2 N–H and O–H groups in total. The molecule has 8 nitrogen and oxygen atoms in total. The SMILES string of the molecule is Cn1cccc1C(=O)N[C@H]1Cc2c(C(=O)NCc3cccnc3)cnn2C1. The Morgan fingerprint density at radius 1 is 1.22 bits per heavy atom. The van der Waals surface area contributed by atoms with Crippen molar-refractivity contribution < 1.29 is 9.59 Å². The van der Waals surface area contributed by atoms with Crippen molar-refractivity contribution in [3.05, 3.63) is 71.6 Å². The molecule has 138 valence electrons. The molecule has 0 aromatic carbocycles. The van der Waals surface area contributed by atoms with Crippen LogP contribution < -0.4 is 10.6 Å². The molecule has 8 heteroatoms. The molecular formula is C19H20N6O2. The summed E-state index contributed by atoms with van der Waals surface area (Å²) in [6.45, 7) is 0.965. The second kappa shape index (κ2) is 7.06. The van der Waals surface area contributed by atoms with Crippen LogP contribution in [0.2, 0.25) is 0 Å². The fourth-order valence-corrected chi connectivity index (χ4v) is 3.31. The van der Waals surface area contributed by atoms with Gasteiger partial charge in [0.05, 0.1) is 30.0 Å². The van der Waals surface area contributed by atoms with E-state index >= 15 is 0 Å². The summed E-state index contributed by atoms with van der Waals surface area (Å²) < 4.78 is 3.56. The van der Waals surface area contributed by atoms with E-state index in [4.69, 9.17) is 0 Å². The fourth-order valence-electron chi connectivity index (χ4n) is 3.31. The number of hydrogen-bond donors (Lipinski definition) is 2. The summed E-state index contributed by atoms with van der Waals surface area (Å²) in [5.41, 5.74) is 2.93. The number of aromatic nitrogens is 4. The second-order valence-electron chi connectivity index (χ2n) is 6.61. The number of carbonyl (C=O) groups is 2. The van der Waals surface area contributed by atoms with Crippen LogP contribution in [0.15, 0.2) is 49.1 Å². The van der Waals surface area contributed by atoms with Gasteiger partial charge in [0, 0.05) is 38.6 Å². The quantitative estimate of drug-likeness (QED) is 0.703. The topological polar surface area (TPSA) is 93.8 Å². The zero-order valence-electron chi connectivity index (χ0n) is 14.9. The van der Waals surface area contributed by atoms with Gasteiger partial charge in [-0.05, 0) is 23.8 Å². The van der Waals surface area contributed by atoms with E-state index in [1.54, 1.807) is 33.9 Å². The third-order valence-corrected chi connectivity index (χ3v) is 4.71. The van der Waals surface area contributed by atoms with Gasteiger partial charge in [-0.15, -0.1) is 0 Å². The van der Waals surface area contributed by atoms with Crippen molar-refractivity contribution in [2.45, 2.75) is 25.6 Å². The van der Waals surface area contributed by atoms with Gasteiger partial charge in [0.2, 0.25) is 0 Å². The van der Waals surface area contributed by atoms with Crippen molar-refractivity contribution in [2.24, 2.45) is 7.05 Å². The predicted octanol–water partition coefficient (Wildman–Crippen LogP) is 0.901. The largest absolute Gasteiger partial charge is 0.348 e. The number of pyridine rings is 1. The minimum absolute atomic E-state index is 0.0824. The first-order chi connectivity index (χ1) is 13.1. The van der Waals surface area contributed by atoms with Crippen molar-refractivity contribution in [2.75, 3.05) is 0 Å². The van der Waals surface area contributed by atoms with Gasteiger partial charge in [-0.3, -0.25) is 19.3 Å². The van der Waals surface area contributed by atoms with Crippen LogP contribution in [0, 0.1) is 0 Å². The molecule has 0 saturated heterocycles. The van der Waals surface area contributed by atoms with Gasteiger partial charge in [-0.1, -0.05) is 6.07 Å². The van der Waals surface area contributed by atoms with Gasteiger partial charge < -0.3 is 15.2 Å². The van der Waals surface area contributed by atoms with E-state index in [1.807, 2.05) is 31.4 Å². The van der Waals surface area contributed by atoms with Gasteiger partial charge in [0.15, 0.2) is 0 Å². The molecule has 4 rings (SSSR count). The van der Waals surface area contributed by atoms with Gasteiger partial charge in [0.1, 0.15) is 5.69 Å². The van der Waals surface area contributed by atoms with E-state index in [0.29, 0.717) is 30.8 Å². The first kappa shape index (κ1) is 17.0. The van der Waals surface area contributed by atoms with Crippen LogP contribution >= 0.6 is 0 Å². The molecule has 27 heavy (non-hydrogen) atoms. The van der Waals surface area contributed by atoms with Crippen LogP contribution in [0.25, 0.3) is 0 Å². The van der Waals surface area contributed by atoms with Crippen LogP contribution in [0.3, 0.4) is 0 Å². The molecule has 0 spiro atoms. The standard InChI is InChI=1S/C19H20N6O2/c1-24-7-3-5-16(24)19(27)23-14-8-17-15(11-22-25(17)12-14)18(26)21-10-13-4-2-6-20-9-13/h2-7,9,11,14H,8,10,12H2,1H3,(H,21,26)(H,23,27)/t14-/m0/s1. The number of amides is 2. The molecule has 2 amide bonds. The monoisotopic (exact) mass is 364 g/mol. The van der Waals surface area contributed by atoms with Crippen molar-refractivity contribution in [3.8, 4) is 0 Å². The highest BCUT2D eigenvalue weighted by atomic mass is 16.2. The van der Waals surface area contributed by atoms with Crippen LogP contribution in [-0.4, -0.2) is 37.2 Å². The summed E-state index contributed by atoms with van der Waals surface area (Å²) in [4.78, 5) is 28.9. The van der Waals surface area contributed by atoms with Crippen molar-refractivity contribution in [1.82, 2.24) is 30.0 Å². The number of nitrogens with one attached hydrogen (secondary N) is 2. The Morgan fingerprint density at radius 2 is 2.11 bits per heavy atom. The molecule has 0 radical (unpaired) electrons. The maximum atomic E-state index is 12.5. The molecule has 0 unspecified atom stereocenters. The third-order valence-electron chi connectivity index (χ3n) is 4.71. The Hall–Kier alpha value is -3.42. The van der Waals surface area contributed by atoms with Crippen LogP contribution in [0.1, 0.15) is 32.1 Å². The molecule has 0 saturated carbocycles. The highest BCUT2D eigenvalue weighted by Crippen LogP contribution is 2.19. The number of rotatable bonds is 5. The molecule has 0 fully saturated rings. The lowest BCUT2D eigenvalue weighted by Crippen LogP contribution is -2.37. The highest BCUT2D eigenvalue weighted by Gasteiger charge is 2.29. The highest BCUT2D eigenvalue weighted by molar-refractivity contribution is 5.95. The van der Waals surface area contributed by atoms with Crippen molar-refractivity contribution in [1.29, 1.82) is 0 Å². The van der Waals surface area contributed by atoms with Crippen molar-refractivity contribution >= 4 is 11.8 Å². The van der Waals surface area contributed by atoms with E-state index in [2.05, 4.69) is 20.7 Å². The van der Waals surface area contributed by atoms with E-state index in [-0.39, 0.29) is 17.9 Å². The average molecular weight is 364 g/mol. The Kier molecular flexibility index (Phi) is 4.45. The first-order valence-electron chi connectivity index (χ1n) is 8.76. The Bertz CT molecular complexity index is 975. The van der Waals surface area contributed by atoms with Crippen LogP contribution in [-0.2, 0) is 26.6 Å². The molecule has 0 bridgehead atoms. The predicted molar refractivity (Wildman–Crippen MR) is 98.0 cm³/mol. The molecule has 4 heterocycles. The minimum Gasteiger partial charge on any atom is -0.348 e. The van der Waals surface area contributed by atoms with Gasteiger partial charge in [-0.25, -0.2) is 0 Å². The van der Waals surface area contributed by atoms with Gasteiger partial charge in [-0.2, -0.15) is 5.10 Å². The maximum Gasteiger partial charge on any atom is 0.268 e. The van der Waals surface area contributed by atoms with Gasteiger partial charge in [0.25, 0.3) is 11.8 Å². The lowest BCUT2D eigenvalue weighted by molar-refractivity contribution is 0.0927. The average Bonchev–Trinajstić information content (AvgIpc) is 3.36. The lowest BCUT2D eigenvalue weighted by Gasteiger charge is -2.12. The second-order valence-corrected chi connectivity index (χ2v) is 6.61. The van der Waals surface area contributed by atoms with Gasteiger partial charge >= 0.3 is 0 Å². The number of aryl methyl sites for hydroxylation is 1. The van der Waals surface area contributed by atoms with Crippen LogP contribution in [0.4, 0.5) is 0 Å². The first-order valence-corrected chi connectivity index (χ1v) is 8.76. The smallest absolute Gasteiger partial charge is 0.268 e. The Balaban J connectivity index is 1.39. The molecule has 1 aliphatic heterocycles. The zero-order valence-corrected chi connectivity index (χ0v) is 14.9. The number of fused-ring (bicyclic) bond motifs is 1. The number of hydrogen-bond acceptors (Lipinski definition) is 4. The third kappa shape index (κ3) is 3.46. The molecular weight excluding hydrogens is 344 g/mol. The van der Waals surface area contributed by atoms with E-state index in [1.165, 1.54) is 0 Å². The molecule has 1 atom stereocenters. The van der Waals surface area contributed by atoms with E-state index < -0.39 is 0 Å². The molecule has 1 aliphatic rings. The number of nitrogens with zero attached hydrogens (tertiary/aromatic N) is 4. The Labute approximate surface area is 156 Å². The summed E-state index contributed by atoms with van der Waals surface area (Å²) in [5.74, 6) is -0.296. The van der Waals surface area contributed by atoms with Crippen molar-refractivity contribution in [3.63, 3.8) is 0 Å². The molecule has 3 aromatic heterocycles. The Morgan fingerprint density at radius 3 is 2.85 bits per heavy atom. The molecule has 0 aliphatic carbocycles. The summed E-state index contributed by atoms with van der Waals surface area (Å²) in [6, 6.07) is 7.27. The number of carbonyl (C=O) groups excluding carboxylic acids is 2. The summed E-state index contributed by atoms with van der Waals surface area (Å²) in [7, 11) is 1.83. The minimum atomic E-state index is -0.172. The summed E-state index contributed by atoms with van der Waals surface area (Å²) in [6.07, 6.45) is 7.41.